The smallest absolute Gasteiger partial charge is 0.224 e. The van der Waals surface area contributed by atoms with Crippen LogP contribution in [-0.2, 0) is 11.2 Å². The summed E-state index contributed by atoms with van der Waals surface area (Å²) in [6.07, 6.45) is 1.32. The van der Waals surface area contributed by atoms with Crippen LogP contribution < -0.4 is 11.1 Å². The second-order valence-electron chi connectivity index (χ2n) is 5.37. The largest absolute Gasteiger partial charge is 0.399 e. The van der Waals surface area contributed by atoms with Crippen LogP contribution in [0.2, 0.25) is 0 Å². The quantitative estimate of drug-likeness (QED) is 0.800. The van der Waals surface area contributed by atoms with E-state index in [-0.39, 0.29) is 5.91 Å². The van der Waals surface area contributed by atoms with Gasteiger partial charge in [-0.05, 0) is 35.6 Å². The number of anilines is 1. The third kappa shape index (κ3) is 4.95. The minimum atomic E-state index is 0.0425. The Morgan fingerprint density at radius 3 is 2.62 bits per heavy atom. The molecule has 2 rings (SSSR count). The van der Waals surface area contributed by atoms with Crippen LogP contribution in [0.1, 0.15) is 30.4 Å². The molecule has 3 N–H and O–H groups in total. The molecular weight excluding hydrogens is 260 g/mol. The molecule has 0 fully saturated rings. The van der Waals surface area contributed by atoms with Crippen molar-refractivity contribution in [2.45, 2.75) is 25.7 Å². The van der Waals surface area contributed by atoms with Gasteiger partial charge in [0.1, 0.15) is 0 Å². The summed E-state index contributed by atoms with van der Waals surface area (Å²) in [7, 11) is 0. The van der Waals surface area contributed by atoms with Gasteiger partial charge in [0.15, 0.2) is 0 Å². The summed E-state index contributed by atoms with van der Waals surface area (Å²) in [5, 5.41) is 2.97. The van der Waals surface area contributed by atoms with Gasteiger partial charge >= 0.3 is 0 Å². The summed E-state index contributed by atoms with van der Waals surface area (Å²) in [6, 6.07) is 17.8. The summed E-state index contributed by atoms with van der Waals surface area (Å²) < 4.78 is 0. The molecule has 0 spiro atoms. The lowest BCUT2D eigenvalue weighted by molar-refractivity contribution is -0.120. The molecule has 0 heterocycles. The van der Waals surface area contributed by atoms with E-state index in [1.165, 1.54) is 5.56 Å². The minimum Gasteiger partial charge on any atom is -0.399 e. The van der Waals surface area contributed by atoms with Gasteiger partial charge in [-0.1, -0.05) is 49.4 Å². The summed E-state index contributed by atoms with van der Waals surface area (Å²) in [5.41, 5.74) is 8.66. The van der Waals surface area contributed by atoms with E-state index in [1.807, 2.05) is 42.5 Å². The van der Waals surface area contributed by atoms with Crippen molar-refractivity contribution in [2.75, 3.05) is 12.3 Å². The zero-order chi connectivity index (χ0) is 15.1. The van der Waals surface area contributed by atoms with Crippen LogP contribution in [-0.4, -0.2) is 12.5 Å². The van der Waals surface area contributed by atoms with E-state index in [0.717, 1.165) is 12.0 Å². The number of nitrogen functional groups attached to an aromatic ring is 1. The molecule has 0 saturated heterocycles. The van der Waals surface area contributed by atoms with Crippen molar-refractivity contribution in [1.29, 1.82) is 0 Å². The van der Waals surface area contributed by atoms with Gasteiger partial charge in [0.25, 0.3) is 0 Å². The van der Waals surface area contributed by atoms with E-state index < -0.39 is 0 Å². The van der Waals surface area contributed by atoms with Crippen molar-refractivity contribution in [1.82, 2.24) is 5.32 Å². The van der Waals surface area contributed by atoms with Gasteiger partial charge in [0.2, 0.25) is 5.91 Å². The molecule has 0 aliphatic heterocycles. The first-order valence-electron chi connectivity index (χ1n) is 7.31. The summed E-state index contributed by atoms with van der Waals surface area (Å²) in [4.78, 5) is 11.9. The molecule has 3 nitrogen and oxygen atoms in total. The van der Waals surface area contributed by atoms with Crippen molar-refractivity contribution >= 4 is 11.6 Å². The molecule has 0 radical (unpaired) electrons. The molecule has 1 atom stereocenters. The molecule has 21 heavy (non-hydrogen) atoms. The van der Waals surface area contributed by atoms with Crippen molar-refractivity contribution < 1.29 is 4.79 Å². The molecule has 1 unspecified atom stereocenters. The van der Waals surface area contributed by atoms with Crippen molar-refractivity contribution in [2.24, 2.45) is 0 Å². The normalized spacial score (nSPS) is 11.9. The first kappa shape index (κ1) is 15.1. The lowest BCUT2D eigenvalue weighted by Crippen LogP contribution is -2.26. The second kappa shape index (κ2) is 7.48. The van der Waals surface area contributed by atoms with Gasteiger partial charge in [-0.3, -0.25) is 4.79 Å². The van der Waals surface area contributed by atoms with Crippen LogP contribution >= 0.6 is 0 Å². The maximum absolute atomic E-state index is 11.9. The van der Waals surface area contributed by atoms with Crippen LogP contribution in [0, 0.1) is 0 Å². The zero-order valence-electron chi connectivity index (χ0n) is 12.4. The number of rotatable bonds is 6. The molecule has 0 saturated carbocycles. The Hall–Kier alpha value is -2.29. The van der Waals surface area contributed by atoms with Gasteiger partial charge < -0.3 is 11.1 Å². The molecule has 0 aromatic heterocycles. The predicted molar refractivity (Wildman–Crippen MR) is 87.0 cm³/mol. The number of hydrogen-bond acceptors (Lipinski definition) is 2. The molecule has 3 heteroatoms. The maximum atomic E-state index is 11.9. The molecule has 0 aliphatic rings. The van der Waals surface area contributed by atoms with E-state index in [9.17, 15) is 4.79 Å². The molecule has 0 bridgehead atoms. The number of carbonyl (C=O) groups is 1. The fourth-order valence-corrected chi connectivity index (χ4v) is 2.33. The Labute approximate surface area is 126 Å². The first-order chi connectivity index (χ1) is 10.1. The molecule has 0 aliphatic carbocycles. The average molecular weight is 282 g/mol. The van der Waals surface area contributed by atoms with Crippen LogP contribution in [0.4, 0.5) is 5.69 Å². The minimum absolute atomic E-state index is 0.0425. The monoisotopic (exact) mass is 282 g/mol. The maximum Gasteiger partial charge on any atom is 0.224 e. The van der Waals surface area contributed by atoms with Crippen LogP contribution in [0.5, 0.6) is 0 Å². The lowest BCUT2D eigenvalue weighted by atomic mass is 9.98. The lowest BCUT2D eigenvalue weighted by Gasteiger charge is -2.12. The number of carbonyl (C=O) groups excluding carboxylic acids is 1. The Kier molecular flexibility index (Phi) is 5.38. The number of benzene rings is 2. The highest BCUT2D eigenvalue weighted by atomic mass is 16.1. The highest BCUT2D eigenvalue weighted by Crippen LogP contribution is 2.17. The van der Waals surface area contributed by atoms with Crippen molar-refractivity contribution in [3.05, 3.63) is 65.7 Å². The fraction of sp³-hybridized carbons (Fsp3) is 0.278. The predicted octanol–water partition coefficient (Wildman–Crippen LogP) is 3.12. The summed E-state index contributed by atoms with van der Waals surface area (Å²) >= 11 is 0. The average Bonchev–Trinajstić information content (AvgIpc) is 2.48. The second-order valence-corrected chi connectivity index (χ2v) is 5.37. The zero-order valence-corrected chi connectivity index (χ0v) is 12.4. The Morgan fingerprint density at radius 2 is 1.90 bits per heavy atom. The Balaban J connectivity index is 1.74. The van der Waals surface area contributed by atoms with Crippen LogP contribution in [0.25, 0.3) is 0 Å². The van der Waals surface area contributed by atoms with E-state index in [1.54, 1.807) is 0 Å². The topological polar surface area (TPSA) is 55.1 Å². The van der Waals surface area contributed by atoms with E-state index >= 15 is 0 Å². The van der Waals surface area contributed by atoms with Gasteiger partial charge in [0, 0.05) is 12.2 Å². The van der Waals surface area contributed by atoms with Gasteiger partial charge in [0.05, 0.1) is 6.42 Å². The van der Waals surface area contributed by atoms with E-state index in [2.05, 4.69) is 24.4 Å². The Morgan fingerprint density at radius 1 is 1.14 bits per heavy atom. The highest BCUT2D eigenvalue weighted by molar-refractivity contribution is 5.78. The number of nitrogens with one attached hydrogen (secondary N) is 1. The highest BCUT2D eigenvalue weighted by Gasteiger charge is 2.07. The van der Waals surface area contributed by atoms with E-state index in [4.69, 9.17) is 5.73 Å². The summed E-state index contributed by atoms with van der Waals surface area (Å²) in [5.74, 6) is 0.486. The van der Waals surface area contributed by atoms with Crippen LogP contribution in [0.15, 0.2) is 54.6 Å². The number of hydrogen-bond donors (Lipinski definition) is 2. The van der Waals surface area contributed by atoms with Gasteiger partial charge in [-0.25, -0.2) is 0 Å². The molecule has 1 amide bonds. The molecule has 2 aromatic carbocycles. The fourth-order valence-electron chi connectivity index (χ4n) is 2.33. The molecule has 110 valence electrons. The standard InChI is InChI=1S/C18H22N2O/c1-14(16-7-3-2-4-8-16)10-11-20-18(21)13-15-6-5-9-17(19)12-15/h2-9,12,14H,10-11,13,19H2,1H3,(H,20,21). The molecular formula is C18H22N2O. The third-order valence-corrected chi connectivity index (χ3v) is 3.58. The first-order valence-corrected chi connectivity index (χ1v) is 7.31. The van der Waals surface area contributed by atoms with Crippen molar-refractivity contribution in [3.63, 3.8) is 0 Å². The third-order valence-electron chi connectivity index (χ3n) is 3.58. The molecule has 2 aromatic rings. The number of amides is 1. The van der Waals surface area contributed by atoms with Crippen molar-refractivity contribution in [3.8, 4) is 0 Å². The summed E-state index contributed by atoms with van der Waals surface area (Å²) in [6.45, 7) is 2.87. The Bertz CT molecular complexity index is 581. The van der Waals surface area contributed by atoms with E-state index in [0.29, 0.717) is 24.6 Å². The van der Waals surface area contributed by atoms with Gasteiger partial charge in [-0.15, -0.1) is 0 Å². The van der Waals surface area contributed by atoms with Gasteiger partial charge in [-0.2, -0.15) is 0 Å². The number of nitrogens with two attached hydrogens (primary N) is 1. The van der Waals surface area contributed by atoms with Crippen LogP contribution in [0.3, 0.4) is 0 Å². The SMILES string of the molecule is CC(CCNC(=O)Cc1cccc(N)c1)c1ccccc1.